The molecule has 0 amide bonds. The zero-order chi connectivity index (χ0) is 11.1. The summed E-state index contributed by atoms with van der Waals surface area (Å²) in [6.45, 7) is 2.00. The maximum Gasteiger partial charge on any atom is 0.0701 e. The van der Waals surface area contributed by atoms with Gasteiger partial charge in [-0.3, -0.25) is 0 Å². The maximum atomic E-state index is 4.50. The molecule has 0 radical (unpaired) electrons. The van der Waals surface area contributed by atoms with Crippen LogP contribution in [0.4, 0.5) is 0 Å². The van der Waals surface area contributed by atoms with E-state index >= 15 is 0 Å². The monoisotopic (exact) mass is 212 g/mol. The van der Waals surface area contributed by atoms with Crippen LogP contribution in [0, 0.1) is 0 Å². The van der Waals surface area contributed by atoms with E-state index in [9.17, 15) is 0 Å². The highest BCUT2D eigenvalue weighted by atomic mass is 16.6. The smallest absolute Gasteiger partial charge is 0.0701 e. The van der Waals surface area contributed by atoms with E-state index in [-0.39, 0.29) is 0 Å². The van der Waals surface area contributed by atoms with Crippen molar-refractivity contribution in [2.45, 2.75) is 6.42 Å². The lowest BCUT2D eigenvalue weighted by Gasteiger charge is -2.00. The van der Waals surface area contributed by atoms with Gasteiger partial charge < -0.3 is 4.74 Å². The Labute approximate surface area is 96.7 Å². The van der Waals surface area contributed by atoms with E-state index in [0.29, 0.717) is 0 Å². The summed E-state index contributed by atoms with van der Waals surface area (Å²) in [6.07, 6.45) is 1.03. The van der Waals surface area contributed by atoms with Gasteiger partial charge in [0.05, 0.1) is 13.2 Å². The van der Waals surface area contributed by atoms with Crippen LogP contribution < -0.4 is 0 Å². The maximum absolute atomic E-state index is 4.50. The fourth-order valence-corrected chi connectivity index (χ4v) is 1.43. The Hall–Kier alpha value is -1.60. The molecule has 16 heavy (non-hydrogen) atoms. The number of ether oxygens (including phenoxy) is 1. The van der Waals surface area contributed by atoms with Crippen molar-refractivity contribution in [3.05, 3.63) is 71.8 Å². The van der Waals surface area contributed by atoms with Crippen LogP contribution >= 0.6 is 0 Å². The van der Waals surface area contributed by atoms with Crippen LogP contribution in [0.1, 0.15) is 11.1 Å². The van der Waals surface area contributed by atoms with Crippen LogP contribution in [-0.2, 0) is 11.2 Å². The highest BCUT2D eigenvalue weighted by Crippen LogP contribution is 2.07. The third-order valence-electron chi connectivity index (χ3n) is 2.30. The Morgan fingerprint density at radius 1 is 0.688 bits per heavy atom. The third kappa shape index (κ3) is 4.28. The summed E-state index contributed by atoms with van der Waals surface area (Å²) in [4.78, 5) is 0. The molecule has 0 saturated carbocycles. The van der Waals surface area contributed by atoms with Crippen molar-refractivity contribution in [2.75, 3.05) is 13.2 Å². The third-order valence-corrected chi connectivity index (χ3v) is 2.30. The lowest BCUT2D eigenvalue weighted by Crippen LogP contribution is -1.85. The topological polar surface area (TPSA) is 12.5 Å². The highest BCUT2D eigenvalue weighted by Gasteiger charge is 1.94. The van der Waals surface area contributed by atoms with Gasteiger partial charge in [0.2, 0.25) is 0 Å². The average Bonchev–Trinajstić information content (AvgIpc) is 3.19. The Kier molecular flexibility index (Phi) is 4.15. The number of hydrogen-bond donors (Lipinski definition) is 0. The Balaban J connectivity index is 0.000000278. The molecule has 1 aliphatic rings. The average molecular weight is 212 g/mol. The molecule has 0 unspecified atom stereocenters. The summed E-state index contributed by atoms with van der Waals surface area (Å²) in [5.41, 5.74) is 2.74. The van der Waals surface area contributed by atoms with Crippen molar-refractivity contribution in [1.82, 2.24) is 0 Å². The van der Waals surface area contributed by atoms with E-state index in [1.165, 1.54) is 11.1 Å². The number of rotatable bonds is 2. The van der Waals surface area contributed by atoms with Crippen LogP contribution in [0.5, 0.6) is 0 Å². The summed E-state index contributed by atoms with van der Waals surface area (Å²) in [6, 6.07) is 21.1. The minimum absolute atomic E-state index is 1.00. The normalized spacial score (nSPS) is 12.5. The Morgan fingerprint density at radius 3 is 1.38 bits per heavy atom. The molecule has 1 heterocycles. The second kappa shape index (κ2) is 6.09. The van der Waals surface area contributed by atoms with Crippen LogP contribution in [-0.4, -0.2) is 13.2 Å². The van der Waals surface area contributed by atoms with Crippen LogP contribution in [0.2, 0.25) is 0 Å². The predicted molar refractivity (Wildman–Crippen MR) is 66.5 cm³/mol. The summed E-state index contributed by atoms with van der Waals surface area (Å²) in [5.74, 6) is 0. The van der Waals surface area contributed by atoms with E-state index < -0.39 is 0 Å². The lowest BCUT2D eigenvalue weighted by molar-refractivity contribution is 0.475. The van der Waals surface area contributed by atoms with Gasteiger partial charge in [0.25, 0.3) is 0 Å². The van der Waals surface area contributed by atoms with Gasteiger partial charge >= 0.3 is 0 Å². The molecule has 1 nitrogen and oxygen atoms in total. The fraction of sp³-hybridized carbons (Fsp3) is 0.200. The quantitative estimate of drug-likeness (QED) is 0.696. The van der Waals surface area contributed by atoms with E-state index in [0.717, 1.165) is 19.6 Å². The van der Waals surface area contributed by atoms with Crippen molar-refractivity contribution < 1.29 is 4.74 Å². The highest BCUT2D eigenvalue weighted by molar-refractivity contribution is 5.25. The first-order valence-corrected chi connectivity index (χ1v) is 5.61. The van der Waals surface area contributed by atoms with E-state index in [2.05, 4.69) is 65.4 Å². The number of epoxide rings is 1. The van der Waals surface area contributed by atoms with E-state index in [1.807, 2.05) is 0 Å². The first kappa shape index (κ1) is 10.9. The lowest BCUT2D eigenvalue weighted by atomic mass is 10.1. The second-order valence-electron chi connectivity index (χ2n) is 3.76. The molecule has 0 aromatic heterocycles. The SMILES string of the molecule is C1CO1.c1ccc(Cc2ccccc2)cc1. The molecule has 82 valence electrons. The first-order chi connectivity index (χ1) is 7.95. The van der Waals surface area contributed by atoms with Crippen LogP contribution in [0.25, 0.3) is 0 Å². The predicted octanol–water partition coefficient (Wildman–Crippen LogP) is 3.29. The van der Waals surface area contributed by atoms with Crippen molar-refractivity contribution in [2.24, 2.45) is 0 Å². The molecule has 1 saturated heterocycles. The number of benzene rings is 2. The first-order valence-electron chi connectivity index (χ1n) is 5.61. The minimum atomic E-state index is 1.00. The molecule has 1 heteroatoms. The van der Waals surface area contributed by atoms with Gasteiger partial charge in [-0.05, 0) is 17.5 Å². The van der Waals surface area contributed by atoms with Gasteiger partial charge in [-0.25, -0.2) is 0 Å². The zero-order valence-electron chi connectivity index (χ0n) is 9.30. The molecule has 3 rings (SSSR count). The fourth-order valence-electron chi connectivity index (χ4n) is 1.43. The van der Waals surface area contributed by atoms with Gasteiger partial charge in [-0.2, -0.15) is 0 Å². The molecule has 1 aliphatic heterocycles. The van der Waals surface area contributed by atoms with Crippen molar-refractivity contribution in [3.63, 3.8) is 0 Å². The van der Waals surface area contributed by atoms with Gasteiger partial charge in [0.15, 0.2) is 0 Å². The van der Waals surface area contributed by atoms with E-state index in [1.54, 1.807) is 0 Å². The molecular weight excluding hydrogens is 196 g/mol. The van der Waals surface area contributed by atoms with Crippen molar-refractivity contribution >= 4 is 0 Å². The van der Waals surface area contributed by atoms with Gasteiger partial charge in [0, 0.05) is 0 Å². The molecule has 2 aromatic rings. The minimum Gasteiger partial charge on any atom is -0.377 e. The molecule has 2 aromatic carbocycles. The molecule has 1 fully saturated rings. The Bertz CT molecular complexity index is 352. The van der Waals surface area contributed by atoms with Crippen LogP contribution in [0.3, 0.4) is 0 Å². The van der Waals surface area contributed by atoms with Gasteiger partial charge in [0.1, 0.15) is 0 Å². The van der Waals surface area contributed by atoms with Gasteiger partial charge in [-0.1, -0.05) is 60.7 Å². The van der Waals surface area contributed by atoms with Crippen molar-refractivity contribution in [3.8, 4) is 0 Å². The standard InChI is InChI=1S/C13H12.C2H4O/c1-3-7-12(8-4-1)11-13-9-5-2-6-10-13;1-2-3-1/h1-10H,11H2;1-2H2. The van der Waals surface area contributed by atoms with E-state index in [4.69, 9.17) is 0 Å². The molecular formula is C15H16O. The molecule has 0 aliphatic carbocycles. The largest absolute Gasteiger partial charge is 0.377 e. The molecule has 0 bridgehead atoms. The molecule has 0 spiro atoms. The molecule has 0 atom stereocenters. The second-order valence-corrected chi connectivity index (χ2v) is 3.76. The molecule has 0 N–H and O–H groups in total. The summed E-state index contributed by atoms with van der Waals surface area (Å²) in [5, 5.41) is 0. The summed E-state index contributed by atoms with van der Waals surface area (Å²) in [7, 11) is 0. The summed E-state index contributed by atoms with van der Waals surface area (Å²) < 4.78 is 4.50. The van der Waals surface area contributed by atoms with Crippen molar-refractivity contribution in [1.29, 1.82) is 0 Å². The van der Waals surface area contributed by atoms with Crippen LogP contribution in [0.15, 0.2) is 60.7 Å². The van der Waals surface area contributed by atoms with Gasteiger partial charge in [-0.15, -0.1) is 0 Å². The summed E-state index contributed by atoms with van der Waals surface area (Å²) >= 11 is 0. The number of hydrogen-bond acceptors (Lipinski definition) is 1. The Morgan fingerprint density at radius 2 is 1.06 bits per heavy atom. The zero-order valence-corrected chi connectivity index (χ0v) is 9.30.